The molecule has 1 aromatic carbocycles. The van der Waals surface area contributed by atoms with Crippen LogP contribution in [0.15, 0.2) is 30.3 Å². The Morgan fingerprint density at radius 2 is 1.85 bits per heavy atom. The molecule has 1 spiro atoms. The van der Waals surface area contributed by atoms with Gasteiger partial charge in [-0.05, 0) is 49.0 Å². The van der Waals surface area contributed by atoms with Gasteiger partial charge in [-0.1, -0.05) is 30.3 Å². The van der Waals surface area contributed by atoms with E-state index < -0.39 is 6.10 Å². The lowest BCUT2D eigenvalue weighted by Gasteiger charge is -2.47. The SMILES string of the molecule is O=C1CCC2(CCN(C(=O)[C@@H](O)Cc3ccccc3)CC2)CN1CC1CC1. The third kappa shape index (κ3) is 4.34. The van der Waals surface area contributed by atoms with Crippen molar-refractivity contribution in [3.63, 3.8) is 0 Å². The first-order valence-corrected chi connectivity index (χ1v) is 10.3. The Labute approximate surface area is 161 Å². The van der Waals surface area contributed by atoms with Gasteiger partial charge in [0.25, 0.3) is 5.91 Å². The predicted octanol–water partition coefficient (Wildman–Crippen LogP) is 2.23. The van der Waals surface area contributed by atoms with Gasteiger partial charge in [0.1, 0.15) is 6.10 Å². The lowest BCUT2D eigenvalue weighted by Crippen LogP contribution is -2.54. The number of hydrogen-bond donors (Lipinski definition) is 1. The summed E-state index contributed by atoms with van der Waals surface area (Å²) < 4.78 is 0. The highest BCUT2D eigenvalue weighted by atomic mass is 16.3. The van der Waals surface area contributed by atoms with Crippen LogP contribution in [0, 0.1) is 11.3 Å². The van der Waals surface area contributed by atoms with Gasteiger partial charge in [0.2, 0.25) is 5.91 Å². The average molecular weight is 370 g/mol. The first-order valence-electron chi connectivity index (χ1n) is 10.3. The number of hydrogen-bond acceptors (Lipinski definition) is 3. The second-order valence-corrected chi connectivity index (χ2v) is 8.75. The molecule has 3 fully saturated rings. The minimum Gasteiger partial charge on any atom is -0.383 e. The zero-order valence-corrected chi connectivity index (χ0v) is 16.0. The van der Waals surface area contributed by atoms with Crippen molar-refractivity contribution in [1.82, 2.24) is 9.80 Å². The molecule has 5 heteroatoms. The molecule has 1 atom stereocenters. The van der Waals surface area contributed by atoms with Crippen molar-refractivity contribution in [3.05, 3.63) is 35.9 Å². The number of aliphatic hydroxyl groups is 1. The molecule has 3 aliphatic rings. The Bertz CT molecular complexity index is 678. The Hall–Kier alpha value is -1.88. The van der Waals surface area contributed by atoms with Crippen LogP contribution < -0.4 is 0 Å². The summed E-state index contributed by atoms with van der Waals surface area (Å²) in [5, 5.41) is 10.4. The zero-order valence-electron chi connectivity index (χ0n) is 16.0. The quantitative estimate of drug-likeness (QED) is 0.865. The van der Waals surface area contributed by atoms with Gasteiger partial charge >= 0.3 is 0 Å². The van der Waals surface area contributed by atoms with Gasteiger partial charge in [0.05, 0.1) is 0 Å². The molecule has 2 aliphatic heterocycles. The molecule has 1 saturated carbocycles. The average Bonchev–Trinajstić information content (AvgIpc) is 3.50. The molecular weight excluding hydrogens is 340 g/mol. The highest BCUT2D eigenvalue weighted by Crippen LogP contribution is 2.41. The van der Waals surface area contributed by atoms with Crippen LogP contribution in [0.2, 0.25) is 0 Å². The Morgan fingerprint density at radius 1 is 1.15 bits per heavy atom. The van der Waals surface area contributed by atoms with E-state index in [9.17, 15) is 14.7 Å². The zero-order chi connectivity index (χ0) is 18.9. The van der Waals surface area contributed by atoms with E-state index in [-0.39, 0.29) is 11.3 Å². The van der Waals surface area contributed by atoms with Crippen molar-refractivity contribution in [1.29, 1.82) is 0 Å². The standard InChI is InChI=1S/C22H30N2O3/c25-19(14-17-4-2-1-3-5-17)21(27)23-12-10-22(11-13-23)9-8-20(26)24(16-22)15-18-6-7-18/h1-5,18-19,25H,6-16H2/t19-/m0/s1. The third-order valence-corrected chi connectivity index (χ3v) is 6.62. The van der Waals surface area contributed by atoms with E-state index >= 15 is 0 Å². The van der Waals surface area contributed by atoms with Crippen LogP contribution in [0.1, 0.15) is 44.1 Å². The summed E-state index contributed by atoms with van der Waals surface area (Å²) in [7, 11) is 0. The molecule has 2 heterocycles. The third-order valence-electron chi connectivity index (χ3n) is 6.62. The number of amides is 2. The van der Waals surface area contributed by atoms with Crippen LogP contribution >= 0.6 is 0 Å². The smallest absolute Gasteiger partial charge is 0.251 e. The Balaban J connectivity index is 1.31. The number of carbonyl (C=O) groups excluding carboxylic acids is 2. The number of nitrogens with zero attached hydrogens (tertiary/aromatic N) is 2. The van der Waals surface area contributed by atoms with Crippen LogP contribution in [0.4, 0.5) is 0 Å². The van der Waals surface area contributed by atoms with Gasteiger partial charge in [0.15, 0.2) is 0 Å². The number of likely N-dealkylation sites (tertiary alicyclic amines) is 2. The van der Waals surface area contributed by atoms with Crippen LogP contribution in [-0.2, 0) is 16.0 Å². The van der Waals surface area contributed by atoms with Crippen LogP contribution in [0.5, 0.6) is 0 Å². The van der Waals surface area contributed by atoms with E-state index in [0.29, 0.717) is 31.8 Å². The van der Waals surface area contributed by atoms with Gasteiger partial charge in [-0.25, -0.2) is 0 Å². The van der Waals surface area contributed by atoms with Crippen LogP contribution in [-0.4, -0.2) is 59.0 Å². The summed E-state index contributed by atoms with van der Waals surface area (Å²) in [6.45, 7) is 3.17. The van der Waals surface area contributed by atoms with Gasteiger partial charge in [-0.3, -0.25) is 9.59 Å². The van der Waals surface area contributed by atoms with Crippen molar-refractivity contribution < 1.29 is 14.7 Å². The molecule has 2 saturated heterocycles. The molecule has 1 aliphatic carbocycles. The fourth-order valence-corrected chi connectivity index (χ4v) is 4.63. The van der Waals surface area contributed by atoms with Crippen LogP contribution in [0.3, 0.4) is 0 Å². The highest BCUT2D eigenvalue weighted by Gasteiger charge is 2.43. The number of aliphatic hydroxyl groups excluding tert-OH is 1. The van der Waals surface area contributed by atoms with Gasteiger partial charge in [-0.2, -0.15) is 0 Å². The molecule has 27 heavy (non-hydrogen) atoms. The maximum Gasteiger partial charge on any atom is 0.251 e. The second-order valence-electron chi connectivity index (χ2n) is 8.75. The summed E-state index contributed by atoms with van der Waals surface area (Å²) in [6, 6.07) is 9.66. The molecule has 0 radical (unpaired) electrons. The van der Waals surface area contributed by atoms with E-state index in [1.807, 2.05) is 35.2 Å². The maximum atomic E-state index is 12.7. The monoisotopic (exact) mass is 370 g/mol. The lowest BCUT2D eigenvalue weighted by atomic mass is 9.72. The minimum absolute atomic E-state index is 0.157. The number of rotatable bonds is 5. The summed E-state index contributed by atoms with van der Waals surface area (Å²) in [6.07, 6.45) is 5.39. The minimum atomic E-state index is -0.972. The Kier molecular flexibility index (Phi) is 5.22. The summed E-state index contributed by atoms with van der Waals surface area (Å²) in [5.74, 6) is 0.874. The first-order chi connectivity index (χ1) is 13.0. The molecule has 0 unspecified atom stereocenters. The van der Waals surface area contributed by atoms with E-state index in [1.165, 1.54) is 12.8 Å². The number of benzene rings is 1. The summed E-state index contributed by atoms with van der Waals surface area (Å²) in [4.78, 5) is 28.8. The van der Waals surface area contributed by atoms with E-state index in [4.69, 9.17) is 0 Å². The van der Waals surface area contributed by atoms with E-state index in [1.54, 1.807) is 0 Å². The van der Waals surface area contributed by atoms with Crippen molar-refractivity contribution in [2.45, 2.75) is 51.0 Å². The molecule has 1 N–H and O–H groups in total. The fourth-order valence-electron chi connectivity index (χ4n) is 4.63. The topological polar surface area (TPSA) is 60.9 Å². The molecule has 5 nitrogen and oxygen atoms in total. The normalized spacial score (nSPS) is 23.5. The van der Waals surface area contributed by atoms with Crippen LogP contribution in [0.25, 0.3) is 0 Å². The van der Waals surface area contributed by atoms with Gasteiger partial charge in [-0.15, -0.1) is 0 Å². The summed E-state index contributed by atoms with van der Waals surface area (Å²) >= 11 is 0. The lowest BCUT2D eigenvalue weighted by molar-refractivity contribution is -0.147. The van der Waals surface area contributed by atoms with E-state index in [0.717, 1.165) is 43.8 Å². The van der Waals surface area contributed by atoms with Crippen molar-refractivity contribution in [3.8, 4) is 0 Å². The largest absolute Gasteiger partial charge is 0.383 e. The van der Waals surface area contributed by atoms with Crippen molar-refractivity contribution in [2.75, 3.05) is 26.2 Å². The van der Waals surface area contributed by atoms with Crippen molar-refractivity contribution in [2.24, 2.45) is 11.3 Å². The number of piperidine rings is 2. The molecular formula is C22H30N2O3. The molecule has 0 bridgehead atoms. The molecule has 1 aromatic rings. The molecule has 4 rings (SSSR count). The first kappa shape index (κ1) is 18.5. The Morgan fingerprint density at radius 3 is 2.52 bits per heavy atom. The predicted molar refractivity (Wildman–Crippen MR) is 103 cm³/mol. The van der Waals surface area contributed by atoms with Gasteiger partial charge in [0, 0.05) is 39.0 Å². The maximum absolute atomic E-state index is 12.7. The van der Waals surface area contributed by atoms with Gasteiger partial charge < -0.3 is 14.9 Å². The molecule has 146 valence electrons. The van der Waals surface area contributed by atoms with E-state index in [2.05, 4.69) is 4.90 Å². The fraction of sp³-hybridized carbons (Fsp3) is 0.636. The second kappa shape index (κ2) is 7.63. The molecule has 0 aromatic heterocycles. The summed E-state index contributed by atoms with van der Waals surface area (Å²) in [5.41, 5.74) is 1.15. The number of carbonyl (C=O) groups is 2. The molecule has 2 amide bonds. The highest BCUT2D eigenvalue weighted by molar-refractivity contribution is 5.81. The van der Waals surface area contributed by atoms with Crippen molar-refractivity contribution >= 4 is 11.8 Å².